The van der Waals surface area contributed by atoms with Gasteiger partial charge >= 0.3 is 0 Å². The van der Waals surface area contributed by atoms with Gasteiger partial charge in [-0.1, -0.05) is 23.7 Å². The quantitative estimate of drug-likeness (QED) is 0.737. The zero-order chi connectivity index (χ0) is 21.6. The van der Waals surface area contributed by atoms with Crippen LogP contribution in [0.3, 0.4) is 0 Å². The molecule has 4 rings (SSSR count). The second-order valence-electron chi connectivity index (χ2n) is 8.31. The van der Waals surface area contributed by atoms with Crippen molar-refractivity contribution < 1.29 is 9.59 Å². The van der Waals surface area contributed by atoms with Crippen molar-refractivity contribution in [3.8, 4) is 0 Å². The molecule has 2 fully saturated rings. The van der Waals surface area contributed by atoms with Crippen LogP contribution in [0.2, 0.25) is 5.02 Å². The topological polar surface area (TPSA) is 65.5 Å². The van der Waals surface area contributed by atoms with E-state index in [-0.39, 0.29) is 11.8 Å². The second-order valence-corrected chi connectivity index (χ2v) is 8.72. The molecule has 31 heavy (non-hydrogen) atoms. The smallest absolute Gasteiger partial charge is 0.255 e. The van der Waals surface area contributed by atoms with E-state index in [4.69, 9.17) is 11.6 Å². The highest BCUT2D eigenvalue weighted by molar-refractivity contribution is 6.33. The molecular formula is C24H29ClN4O2. The highest BCUT2D eigenvalue weighted by atomic mass is 35.5. The fourth-order valence-electron chi connectivity index (χ4n) is 4.20. The molecule has 0 atom stereocenters. The molecule has 2 saturated heterocycles. The van der Waals surface area contributed by atoms with Gasteiger partial charge in [0.1, 0.15) is 5.82 Å². The molecule has 2 aromatic rings. The van der Waals surface area contributed by atoms with Gasteiger partial charge in [0.2, 0.25) is 0 Å². The van der Waals surface area contributed by atoms with E-state index in [0.717, 1.165) is 63.0 Å². The van der Waals surface area contributed by atoms with Crippen molar-refractivity contribution in [2.75, 3.05) is 31.5 Å². The first-order valence-electron chi connectivity index (χ1n) is 11.2. The number of aromatic nitrogens is 1. The largest absolute Gasteiger partial charge is 0.365 e. The van der Waals surface area contributed by atoms with Gasteiger partial charge in [-0.3, -0.25) is 9.59 Å². The predicted octanol–water partition coefficient (Wildman–Crippen LogP) is 4.60. The summed E-state index contributed by atoms with van der Waals surface area (Å²) in [6.45, 7) is 3.83. The summed E-state index contributed by atoms with van der Waals surface area (Å²) >= 11 is 6.39. The van der Waals surface area contributed by atoms with Gasteiger partial charge in [-0.05, 0) is 62.3 Å². The number of amides is 2. The lowest BCUT2D eigenvalue weighted by molar-refractivity contribution is 0.0716. The van der Waals surface area contributed by atoms with E-state index in [9.17, 15) is 9.59 Å². The average Bonchev–Trinajstić information content (AvgIpc) is 2.84. The molecular weight excluding hydrogens is 412 g/mol. The third-order valence-electron chi connectivity index (χ3n) is 6.04. The Hall–Kier alpha value is -2.60. The molecule has 2 aliphatic heterocycles. The monoisotopic (exact) mass is 440 g/mol. The third-order valence-corrected chi connectivity index (χ3v) is 6.32. The Kier molecular flexibility index (Phi) is 7.07. The van der Waals surface area contributed by atoms with Gasteiger partial charge in [0.05, 0.1) is 10.6 Å². The maximum absolute atomic E-state index is 12.6. The molecule has 1 N–H and O–H groups in total. The summed E-state index contributed by atoms with van der Waals surface area (Å²) in [5, 5.41) is 3.65. The van der Waals surface area contributed by atoms with E-state index in [2.05, 4.69) is 10.3 Å². The minimum Gasteiger partial charge on any atom is -0.365 e. The van der Waals surface area contributed by atoms with Gasteiger partial charge in [-0.15, -0.1) is 0 Å². The summed E-state index contributed by atoms with van der Waals surface area (Å²) in [4.78, 5) is 33.4. The van der Waals surface area contributed by atoms with Gasteiger partial charge in [-0.25, -0.2) is 4.98 Å². The van der Waals surface area contributed by atoms with E-state index in [1.54, 1.807) is 12.3 Å². The molecule has 6 nitrogen and oxygen atoms in total. The van der Waals surface area contributed by atoms with Gasteiger partial charge in [0.15, 0.2) is 0 Å². The van der Waals surface area contributed by atoms with E-state index in [0.29, 0.717) is 22.9 Å². The van der Waals surface area contributed by atoms with Crippen molar-refractivity contribution in [3.05, 3.63) is 58.2 Å². The Bertz CT molecular complexity index is 920. The van der Waals surface area contributed by atoms with Crippen molar-refractivity contribution in [2.24, 2.45) is 0 Å². The fourth-order valence-corrected chi connectivity index (χ4v) is 4.43. The van der Waals surface area contributed by atoms with Crippen molar-refractivity contribution >= 4 is 29.2 Å². The Morgan fingerprint density at radius 2 is 1.39 bits per heavy atom. The van der Waals surface area contributed by atoms with E-state index in [1.807, 2.05) is 34.1 Å². The van der Waals surface area contributed by atoms with Crippen molar-refractivity contribution in [1.29, 1.82) is 0 Å². The first-order chi connectivity index (χ1) is 15.1. The molecule has 0 aliphatic carbocycles. The van der Waals surface area contributed by atoms with Crippen LogP contribution >= 0.6 is 11.6 Å². The molecule has 164 valence electrons. The Balaban J connectivity index is 1.34. The van der Waals surface area contributed by atoms with Crippen LogP contribution in [0.5, 0.6) is 0 Å². The summed E-state index contributed by atoms with van der Waals surface area (Å²) in [5.74, 6) is 0.651. The van der Waals surface area contributed by atoms with Crippen molar-refractivity contribution in [2.45, 2.75) is 45.1 Å². The van der Waals surface area contributed by atoms with Crippen LogP contribution in [0.4, 0.5) is 5.82 Å². The number of anilines is 1. The molecule has 0 radical (unpaired) electrons. The van der Waals surface area contributed by atoms with Gasteiger partial charge in [0.25, 0.3) is 11.8 Å². The first kappa shape index (κ1) is 21.6. The second kappa shape index (κ2) is 10.1. The van der Waals surface area contributed by atoms with Crippen molar-refractivity contribution in [1.82, 2.24) is 14.8 Å². The number of benzene rings is 1. The number of nitrogens with zero attached hydrogens (tertiary/aromatic N) is 3. The fraction of sp³-hybridized carbons (Fsp3) is 0.458. The molecule has 2 aliphatic rings. The van der Waals surface area contributed by atoms with Crippen LogP contribution < -0.4 is 5.32 Å². The summed E-state index contributed by atoms with van der Waals surface area (Å²) in [6, 6.07) is 9.35. The normalized spacial score (nSPS) is 16.8. The summed E-state index contributed by atoms with van der Waals surface area (Å²) in [5.41, 5.74) is 2.28. The summed E-state index contributed by atoms with van der Waals surface area (Å²) in [6.07, 6.45) is 8.25. The predicted molar refractivity (Wildman–Crippen MR) is 123 cm³/mol. The number of halogens is 1. The maximum atomic E-state index is 12.6. The number of hydrogen-bond acceptors (Lipinski definition) is 4. The zero-order valence-corrected chi connectivity index (χ0v) is 18.5. The first-order valence-corrected chi connectivity index (χ1v) is 11.6. The summed E-state index contributed by atoms with van der Waals surface area (Å²) < 4.78 is 0. The van der Waals surface area contributed by atoms with Gasteiger partial charge in [0, 0.05) is 44.5 Å². The van der Waals surface area contributed by atoms with Crippen LogP contribution in [-0.2, 0) is 6.54 Å². The lowest BCUT2D eigenvalue weighted by atomic mass is 10.1. The van der Waals surface area contributed by atoms with Gasteiger partial charge < -0.3 is 15.1 Å². The highest BCUT2D eigenvalue weighted by Gasteiger charge is 2.20. The lowest BCUT2D eigenvalue weighted by Gasteiger charge is -2.26. The molecule has 1 aromatic carbocycles. The minimum atomic E-state index is -0.00499. The van der Waals surface area contributed by atoms with Crippen LogP contribution in [0.15, 0.2) is 36.5 Å². The SMILES string of the molecule is O=C(c1ccc(CNc2ncc(C(=O)N3CCCCC3)cc2Cl)cc1)N1CCCCC1. The number of carbonyl (C=O) groups excluding carboxylic acids is 2. The molecule has 0 spiro atoms. The zero-order valence-electron chi connectivity index (χ0n) is 17.8. The number of rotatable bonds is 5. The maximum Gasteiger partial charge on any atom is 0.255 e. The van der Waals surface area contributed by atoms with Crippen LogP contribution in [-0.4, -0.2) is 52.8 Å². The highest BCUT2D eigenvalue weighted by Crippen LogP contribution is 2.23. The number of piperidine rings is 2. The molecule has 3 heterocycles. The van der Waals surface area contributed by atoms with Crippen LogP contribution in [0.1, 0.15) is 64.8 Å². The number of nitrogens with one attached hydrogen (secondary N) is 1. The minimum absolute atomic E-state index is 0.00499. The Labute approximate surface area is 188 Å². The summed E-state index contributed by atoms with van der Waals surface area (Å²) in [7, 11) is 0. The van der Waals surface area contributed by atoms with E-state index in [1.165, 1.54) is 12.8 Å². The average molecular weight is 441 g/mol. The molecule has 1 aromatic heterocycles. The molecule has 0 saturated carbocycles. The number of likely N-dealkylation sites (tertiary alicyclic amines) is 2. The Morgan fingerprint density at radius 1 is 0.839 bits per heavy atom. The Morgan fingerprint density at radius 3 is 1.94 bits per heavy atom. The van der Waals surface area contributed by atoms with E-state index < -0.39 is 0 Å². The molecule has 2 amide bonds. The molecule has 0 unspecified atom stereocenters. The van der Waals surface area contributed by atoms with Crippen LogP contribution in [0.25, 0.3) is 0 Å². The standard InChI is InChI=1S/C24H29ClN4O2/c25-21-15-20(24(31)29-13-5-2-6-14-29)17-27-22(21)26-16-18-7-9-19(10-8-18)23(30)28-11-3-1-4-12-28/h7-10,15,17H,1-6,11-14,16H2,(H,26,27). The van der Waals surface area contributed by atoms with Gasteiger partial charge in [-0.2, -0.15) is 0 Å². The van der Waals surface area contributed by atoms with Crippen LogP contribution in [0, 0.1) is 0 Å². The number of carbonyl (C=O) groups is 2. The number of hydrogen-bond donors (Lipinski definition) is 1. The lowest BCUT2D eigenvalue weighted by Crippen LogP contribution is -2.35. The van der Waals surface area contributed by atoms with Crippen molar-refractivity contribution in [3.63, 3.8) is 0 Å². The third kappa shape index (κ3) is 5.37. The number of pyridine rings is 1. The van der Waals surface area contributed by atoms with E-state index >= 15 is 0 Å². The molecule has 7 heteroatoms. The molecule has 0 bridgehead atoms.